The summed E-state index contributed by atoms with van der Waals surface area (Å²) in [5.41, 5.74) is 2.73. The van der Waals surface area contributed by atoms with Crippen LogP contribution in [0.3, 0.4) is 0 Å². The molecule has 3 N–H and O–H groups in total. The van der Waals surface area contributed by atoms with Crippen molar-refractivity contribution in [3.05, 3.63) is 18.2 Å². The molecule has 78 valence electrons. The third-order valence-corrected chi connectivity index (χ3v) is 2.06. The Balaban J connectivity index is 2.42. The molecule has 1 aromatic carbocycles. The quantitative estimate of drug-likeness (QED) is 0.695. The maximum Gasteiger partial charge on any atom is 0.223 e. The van der Waals surface area contributed by atoms with Gasteiger partial charge in [0.1, 0.15) is 0 Å². The summed E-state index contributed by atoms with van der Waals surface area (Å²) in [6.45, 7) is 1.45. The molecule has 0 fully saturated rings. The average molecular weight is 204 g/mol. The molecule has 0 spiro atoms. The predicted molar refractivity (Wildman–Crippen MR) is 59.9 cm³/mol. The lowest BCUT2D eigenvalue weighted by molar-refractivity contribution is -0.114. The highest BCUT2D eigenvalue weighted by atomic mass is 16.1. The van der Waals surface area contributed by atoms with Crippen molar-refractivity contribution in [2.24, 2.45) is 0 Å². The number of carbonyl (C=O) groups is 1. The van der Waals surface area contributed by atoms with Crippen LogP contribution < -0.4 is 10.6 Å². The van der Waals surface area contributed by atoms with E-state index in [0.29, 0.717) is 5.95 Å². The molecule has 0 aliphatic heterocycles. The fourth-order valence-electron chi connectivity index (χ4n) is 1.39. The first-order valence-corrected chi connectivity index (χ1v) is 4.64. The number of carbonyl (C=O) groups excluding carboxylic acids is 1. The van der Waals surface area contributed by atoms with E-state index in [0.717, 1.165) is 16.7 Å². The van der Waals surface area contributed by atoms with E-state index in [1.807, 2.05) is 25.2 Å². The number of aromatic nitrogens is 2. The highest BCUT2D eigenvalue weighted by molar-refractivity contribution is 5.89. The minimum atomic E-state index is -0.136. The van der Waals surface area contributed by atoms with E-state index >= 15 is 0 Å². The molecule has 0 atom stereocenters. The van der Waals surface area contributed by atoms with Crippen LogP contribution in [0.5, 0.6) is 0 Å². The second-order valence-electron chi connectivity index (χ2n) is 3.25. The fraction of sp³-hybridized carbons (Fsp3) is 0.200. The molecule has 5 nitrogen and oxygen atoms in total. The molecular weight excluding hydrogens is 192 g/mol. The number of hydrogen-bond donors (Lipinski definition) is 3. The van der Waals surface area contributed by atoms with Crippen LogP contribution >= 0.6 is 0 Å². The van der Waals surface area contributed by atoms with Gasteiger partial charge in [-0.05, 0) is 18.2 Å². The van der Waals surface area contributed by atoms with Crippen molar-refractivity contribution in [2.75, 3.05) is 17.7 Å². The zero-order chi connectivity index (χ0) is 10.8. The molecule has 0 bridgehead atoms. The van der Waals surface area contributed by atoms with Gasteiger partial charge in [0, 0.05) is 19.7 Å². The van der Waals surface area contributed by atoms with E-state index in [1.165, 1.54) is 6.92 Å². The second-order valence-corrected chi connectivity index (χ2v) is 3.25. The molecule has 5 heteroatoms. The molecule has 1 aromatic heterocycles. The number of benzene rings is 1. The lowest BCUT2D eigenvalue weighted by Gasteiger charge is -1.97. The maximum absolute atomic E-state index is 10.8. The van der Waals surface area contributed by atoms with E-state index in [-0.39, 0.29) is 5.91 Å². The lowest BCUT2D eigenvalue weighted by Crippen LogP contribution is -2.06. The van der Waals surface area contributed by atoms with Gasteiger partial charge in [0.05, 0.1) is 11.0 Å². The van der Waals surface area contributed by atoms with Crippen LogP contribution in [0.4, 0.5) is 11.6 Å². The third kappa shape index (κ3) is 1.90. The minimum absolute atomic E-state index is 0.136. The van der Waals surface area contributed by atoms with E-state index in [9.17, 15) is 4.79 Å². The number of nitrogens with one attached hydrogen (secondary N) is 3. The first-order valence-electron chi connectivity index (χ1n) is 4.64. The van der Waals surface area contributed by atoms with Gasteiger partial charge in [-0.3, -0.25) is 10.1 Å². The first kappa shape index (κ1) is 9.51. The Morgan fingerprint density at radius 1 is 1.47 bits per heavy atom. The van der Waals surface area contributed by atoms with Gasteiger partial charge in [0.25, 0.3) is 0 Å². The smallest absolute Gasteiger partial charge is 0.223 e. The van der Waals surface area contributed by atoms with Crippen molar-refractivity contribution in [1.82, 2.24) is 9.97 Å². The van der Waals surface area contributed by atoms with Gasteiger partial charge in [-0.15, -0.1) is 0 Å². The molecule has 0 radical (unpaired) electrons. The van der Waals surface area contributed by atoms with Crippen LogP contribution in [-0.2, 0) is 4.79 Å². The largest absolute Gasteiger partial charge is 0.388 e. The molecule has 2 rings (SSSR count). The van der Waals surface area contributed by atoms with Gasteiger partial charge >= 0.3 is 0 Å². The van der Waals surface area contributed by atoms with Crippen LogP contribution in [0.1, 0.15) is 6.92 Å². The molecule has 0 saturated carbocycles. The fourth-order valence-corrected chi connectivity index (χ4v) is 1.39. The molecule has 0 unspecified atom stereocenters. The predicted octanol–water partition coefficient (Wildman–Crippen LogP) is 1.56. The highest BCUT2D eigenvalue weighted by Crippen LogP contribution is 2.18. The Labute approximate surface area is 86.9 Å². The van der Waals surface area contributed by atoms with Gasteiger partial charge in [-0.2, -0.15) is 0 Å². The standard InChI is InChI=1S/C10H12N4O/c1-6(15)12-10-13-8-4-3-7(11-2)5-9(8)14-10/h3-5,11H,1-2H3,(H2,12,13,14,15). The second kappa shape index (κ2) is 3.61. The van der Waals surface area contributed by atoms with Crippen LogP contribution in [0.25, 0.3) is 11.0 Å². The Morgan fingerprint density at radius 2 is 2.27 bits per heavy atom. The van der Waals surface area contributed by atoms with E-state index < -0.39 is 0 Å². The number of nitrogens with zero attached hydrogens (tertiary/aromatic N) is 1. The SMILES string of the molecule is CNc1ccc2nc(NC(C)=O)[nH]c2c1. The number of rotatable bonds is 2. The Kier molecular flexibility index (Phi) is 2.29. The number of hydrogen-bond acceptors (Lipinski definition) is 3. The van der Waals surface area contributed by atoms with Crippen LogP contribution in [0.15, 0.2) is 18.2 Å². The van der Waals surface area contributed by atoms with Crippen molar-refractivity contribution < 1.29 is 4.79 Å². The van der Waals surface area contributed by atoms with Crippen molar-refractivity contribution in [2.45, 2.75) is 6.92 Å². The van der Waals surface area contributed by atoms with Gasteiger partial charge in [0.2, 0.25) is 11.9 Å². The highest BCUT2D eigenvalue weighted by Gasteiger charge is 2.03. The number of imidazole rings is 1. The summed E-state index contributed by atoms with van der Waals surface area (Å²) >= 11 is 0. The number of amides is 1. The summed E-state index contributed by atoms with van der Waals surface area (Å²) in [6, 6.07) is 5.76. The summed E-state index contributed by atoms with van der Waals surface area (Å²) in [5.74, 6) is 0.341. The summed E-state index contributed by atoms with van der Waals surface area (Å²) in [5, 5.41) is 5.64. The summed E-state index contributed by atoms with van der Waals surface area (Å²) in [7, 11) is 1.85. The van der Waals surface area contributed by atoms with Gasteiger partial charge in [0.15, 0.2) is 0 Å². The van der Waals surface area contributed by atoms with Crippen molar-refractivity contribution in [3.63, 3.8) is 0 Å². The Bertz CT molecular complexity index is 503. The zero-order valence-corrected chi connectivity index (χ0v) is 8.59. The molecule has 15 heavy (non-hydrogen) atoms. The summed E-state index contributed by atoms with van der Waals surface area (Å²) < 4.78 is 0. The Hall–Kier alpha value is -2.04. The van der Waals surface area contributed by atoms with Gasteiger partial charge in [-0.25, -0.2) is 4.98 Å². The van der Waals surface area contributed by atoms with E-state index in [2.05, 4.69) is 20.6 Å². The number of fused-ring (bicyclic) bond motifs is 1. The third-order valence-electron chi connectivity index (χ3n) is 2.06. The molecule has 1 amide bonds. The Morgan fingerprint density at radius 3 is 2.93 bits per heavy atom. The van der Waals surface area contributed by atoms with Gasteiger partial charge in [-0.1, -0.05) is 0 Å². The number of H-pyrrole nitrogens is 1. The molecule has 0 aliphatic rings. The van der Waals surface area contributed by atoms with E-state index in [4.69, 9.17) is 0 Å². The molecule has 1 heterocycles. The molecule has 0 aliphatic carbocycles. The van der Waals surface area contributed by atoms with E-state index in [1.54, 1.807) is 0 Å². The zero-order valence-electron chi connectivity index (χ0n) is 8.59. The lowest BCUT2D eigenvalue weighted by atomic mass is 10.3. The van der Waals surface area contributed by atoms with Crippen molar-refractivity contribution in [3.8, 4) is 0 Å². The summed E-state index contributed by atoms with van der Waals surface area (Å²) in [4.78, 5) is 18.1. The number of anilines is 2. The average Bonchev–Trinajstić information content (AvgIpc) is 2.57. The van der Waals surface area contributed by atoms with Crippen molar-refractivity contribution in [1.29, 1.82) is 0 Å². The summed E-state index contributed by atoms with van der Waals surface area (Å²) in [6.07, 6.45) is 0. The van der Waals surface area contributed by atoms with Gasteiger partial charge < -0.3 is 10.3 Å². The minimum Gasteiger partial charge on any atom is -0.388 e. The monoisotopic (exact) mass is 204 g/mol. The van der Waals surface area contributed by atoms with Crippen LogP contribution in [0, 0.1) is 0 Å². The van der Waals surface area contributed by atoms with Crippen LogP contribution in [0.2, 0.25) is 0 Å². The maximum atomic E-state index is 10.8. The molecular formula is C10H12N4O. The van der Waals surface area contributed by atoms with Crippen molar-refractivity contribution >= 4 is 28.6 Å². The normalized spacial score (nSPS) is 10.3. The first-order chi connectivity index (χ1) is 7.19. The topological polar surface area (TPSA) is 69.8 Å². The molecule has 0 saturated heterocycles. The molecule has 2 aromatic rings. The van der Waals surface area contributed by atoms with Crippen LogP contribution in [-0.4, -0.2) is 22.9 Å². The number of aromatic amines is 1.